The number of hydrogen-bond acceptors (Lipinski definition) is 3. The van der Waals surface area contributed by atoms with Gasteiger partial charge < -0.3 is 9.84 Å². The standard InChI is InChI=1S/C17H15ClN2O2/c18-17-16(22-12-14-4-2-1-3-5-14)10-19-20(17)11-13-6-8-15(21)9-7-13/h1-10,21H,11-12H2. The van der Waals surface area contributed by atoms with Crippen LogP contribution >= 0.6 is 11.6 Å². The minimum atomic E-state index is 0.238. The number of benzene rings is 2. The van der Waals surface area contributed by atoms with Crippen LogP contribution in [0, 0.1) is 0 Å². The van der Waals surface area contributed by atoms with Crippen LogP contribution in [0.2, 0.25) is 5.15 Å². The Kier molecular flexibility index (Phi) is 4.30. The molecule has 2 aromatic carbocycles. The van der Waals surface area contributed by atoms with E-state index in [1.165, 1.54) is 0 Å². The summed E-state index contributed by atoms with van der Waals surface area (Å²) in [6.45, 7) is 0.972. The zero-order chi connectivity index (χ0) is 15.4. The van der Waals surface area contributed by atoms with Gasteiger partial charge in [0.15, 0.2) is 10.9 Å². The predicted octanol–water partition coefficient (Wildman–Crippen LogP) is 3.87. The van der Waals surface area contributed by atoms with Crippen molar-refractivity contribution in [3.8, 4) is 11.5 Å². The Morgan fingerprint density at radius 1 is 1.00 bits per heavy atom. The monoisotopic (exact) mass is 314 g/mol. The van der Waals surface area contributed by atoms with E-state index in [4.69, 9.17) is 16.3 Å². The summed E-state index contributed by atoms with van der Waals surface area (Å²) in [5.74, 6) is 0.798. The predicted molar refractivity (Wildman–Crippen MR) is 85.2 cm³/mol. The highest BCUT2D eigenvalue weighted by Gasteiger charge is 2.10. The van der Waals surface area contributed by atoms with Gasteiger partial charge in [0, 0.05) is 0 Å². The van der Waals surface area contributed by atoms with Gasteiger partial charge in [-0.05, 0) is 23.3 Å². The first-order valence-electron chi connectivity index (χ1n) is 6.88. The molecule has 0 aliphatic rings. The third-order valence-corrected chi connectivity index (χ3v) is 3.63. The second kappa shape index (κ2) is 6.54. The van der Waals surface area contributed by atoms with Crippen LogP contribution in [0.4, 0.5) is 0 Å². The zero-order valence-corrected chi connectivity index (χ0v) is 12.6. The van der Waals surface area contributed by atoms with Crippen molar-refractivity contribution in [2.45, 2.75) is 13.2 Å². The van der Waals surface area contributed by atoms with E-state index < -0.39 is 0 Å². The van der Waals surface area contributed by atoms with E-state index in [1.807, 2.05) is 42.5 Å². The van der Waals surface area contributed by atoms with Gasteiger partial charge in [0.2, 0.25) is 0 Å². The average Bonchev–Trinajstić information content (AvgIpc) is 2.89. The third kappa shape index (κ3) is 3.40. The maximum Gasteiger partial charge on any atom is 0.176 e. The molecule has 0 aliphatic carbocycles. The van der Waals surface area contributed by atoms with Crippen molar-refractivity contribution in [2.75, 3.05) is 0 Å². The Balaban J connectivity index is 1.68. The summed E-state index contributed by atoms with van der Waals surface area (Å²) in [4.78, 5) is 0. The second-order valence-corrected chi connectivity index (χ2v) is 5.26. The van der Waals surface area contributed by atoms with Crippen LogP contribution in [-0.4, -0.2) is 14.9 Å². The van der Waals surface area contributed by atoms with E-state index >= 15 is 0 Å². The van der Waals surface area contributed by atoms with Gasteiger partial charge in [-0.1, -0.05) is 54.1 Å². The summed E-state index contributed by atoms with van der Waals surface area (Å²) in [6.07, 6.45) is 1.62. The van der Waals surface area contributed by atoms with E-state index in [0.29, 0.717) is 24.1 Å². The van der Waals surface area contributed by atoms with Crippen LogP contribution in [0.15, 0.2) is 60.8 Å². The molecule has 0 fully saturated rings. The van der Waals surface area contributed by atoms with Crippen LogP contribution in [0.1, 0.15) is 11.1 Å². The molecule has 0 spiro atoms. The molecule has 0 aliphatic heterocycles. The van der Waals surface area contributed by atoms with Gasteiger partial charge in [0.25, 0.3) is 0 Å². The van der Waals surface area contributed by atoms with Crippen LogP contribution in [0.25, 0.3) is 0 Å². The lowest BCUT2D eigenvalue weighted by atomic mass is 10.2. The summed E-state index contributed by atoms with van der Waals surface area (Å²) in [6, 6.07) is 16.8. The number of aromatic nitrogens is 2. The second-order valence-electron chi connectivity index (χ2n) is 4.90. The van der Waals surface area contributed by atoms with Crippen molar-refractivity contribution >= 4 is 11.6 Å². The molecule has 0 atom stereocenters. The molecule has 0 saturated carbocycles. The molecule has 22 heavy (non-hydrogen) atoms. The van der Waals surface area contributed by atoms with E-state index in [9.17, 15) is 5.11 Å². The van der Waals surface area contributed by atoms with Crippen molar-refractivity contribution in [1.29, 1.82) is 0 Å². The Morgan fingerprint density at radius 3 is 2.45 bits per heavy atom. The molecule has 5 heteroatoms. The lowest BCUT2D eigenvalue weighted by molar-refractivity contribution is 0.306. The zero-order valence-electron chi connectivity index (χ0n) is 11.8. The van der Waals surface area contributed by atoms with Crippen LogP contribution in [0.5, 0.6) is 11.5 Å². The highest BCUT2D eigenvalue weighted by molar-refractivity contribution is 6.31. The SMILES string of the molecule is Oc1ccc(Cn2ncc(OCc3ccccc3)c2Cl)cc1. The molecular weight excluding hydrogens is 300 g/mol. The number of hydrogen-bond donors (Lipinski definition) is 1. The fourth-order valence-electron chi connectivity index (χ4n) is 2.07. The topological polar surface area (TPSA) is 47.3 Å². The van der Waals surface area contributed by atoms with Gasteiger partial charge in [-0.15, -0.1) is 0 Å². The number of phenolic OH excluding ortho intramolecular Hbond substituents is 1. The van der Waals surface area contributed by atoms with Gasteiger partial charge in [-0.2, -0.15) is 5.10 Å². The number of halogens is 1. The fourth-order valence-corrected chi connectivity index (χ4v) is 2.28. The molecule has 112 valence electrons. The molecule has 4 nitrogen and oxygen atoms in total. The molecule has 0 amide bonds. The molecule has 1 N–H and O–H groups in total. The molecule has 0 radical (unpaired) electrons. The number of ether oxygens (including phenoxy) is 1. The minimum absolute atomic E-state index is 0.238. The summed E-state index contributed by atoms with van der Waals surface area (Å²) in [5, 5.41) is 14.0. The fraction of sp³-hybridized carbons (Fsp3) is 0.118. The van der Waals surface area contributed by atoms with Crippen LogP contribution in [0.3, 0.4) is 0 Å². The Morgan fingerprint density at radius 2 is 1.73 bits per heavy atom. The summed E-state index contributed by atoms with van der Waals surface area (Å²) < 4.78 is 7.37. The quantitative estimate of drug-likeness (QED) is 0.777. The number of nitrogens with zero attached hydrogens (tertiary/aromatic N) is 2. The van der Waals surface area contributed by atoms with E-state index in [-0.39, 0.29) is 5.75 Å². The lowest BCUT2D eigenvalue weighted by Crippen LogP contribution is -2.01. The summed E-state index contributed by atoms with van der Waals surface area (Å²) >= 11 is 6.30. The van der Waals surface area contributed by atoms with E-state index in [0.717, 1.165) is 11.1 Å². The van der Waals surface area contributed by atoms with Gasteiger partial charge >= 0.3 is 0 Å². The van der Waals surface area contributed by atoms with E-state index in [2.05, 4.69) is 5.10 Å². The summed E-state index contributed by atoms with van der Waals surface area (Å²) in [5.41, 5.74) is 2.07. The van der Waals surface area contributed by atoms with Crippen molar-refractivity contribution in [3.63, 3.8) is 0 Å². The smallest absolute Gasteiger partial charge is 0.176 e. The van der Waals surface area contributed by atoms with Gasteiger partial charge in [-0.3, -0.25) is 0 Å². The van der Waals surface area contributed by atoms with Gasteiger partial charge in [0.1, 0.15) is 12.4 Å². The van der Waals surface area contributed by atoms with Crippen LogP contribution in [-0.2, 0) is 13.2 Å². The lowest BCUT2D eigenvalue weighted by Gasteiger charge is -2.06. The van der Waals surface area contributed by atoms with Gasteiger partial charge in [-0.25, -0.2) is 4.68 Å². The summed E-state index contributed by atoms with van der Waals surface area (Å²) in [7, 11) is 0. The van der Waals surface area contributed by atoms with Crippen molar-refractivity contribution in [1.82, 2.24) is 9.78 Å². The maximum atomic E-state index is 9.29. The Bertz CT molecular complexity index is 739. The number of rotatable bonds is 5. The van der Waals surface area contributed by atoms with Crippen molar-refractivity contribution in [3.05, 3.63) is 77.1 Å². The number of aromatic hydroxyl groups is 1. The number of phenols is 1. The molecule has 1 aromatic heterocycles. The average molecular weight is 315 g/mol. The van der Waals surface area contributed by atoms with Gasteiger partial charge in [0.05, 0.1) is 12.7 Å². The molecule has 1 heterocycles. The molecular formula is C17H15ClN2O2. The molecule has 3 aromatic rings. The third-order valence-electron chi connectivity index (χ3n) is 3.25. The van der Waals surface area contributed by atoms with Crippen molar-refractivity contribution in [2.24, 2.45) is 0 Å². The first kappa shape index (κ1) is 14.5. The maximum absolute atomic E-state index is 9.29. The van der Waals surface area contributed by atoms with Crippen molar-refractivity contribution < 1.29 is 9.84 Å². The first-order chi connectivity index (χ1) is 10.7. The van der Waals surface area contributed by atoms with Crippen LogP contribution < -0.4 is 4.74 Å². The minimum Gasteiger partial charge on any atom is -0.508 e. The first-order valence-corrected chi connectivity index (χ1v) is 7.26. The molecule has 0 saturated heterocycles. The Hall–Kier alpha value is -2.46. The molecule has 3 rings (SSSR count). The molecule has 0 unspecified atom stereocenters. The Labute approximate surface area is 133 Å². The highest BCUT2D eigenvalue weighted by atomic mass is 35.5. The van der Waals surface area contributed by atoms with E-state index in [1.54, 1.807) is 23.0 Å². The largest absolute Gasteiger partial charge is 0.508 e. The molecule has 0 bridgehead atoms. The normalized spacial score (nSPS) is 10.6. The highest BCUT2D eigenvalue weighted by Crippen LogP contribution is 2.25.